The molecular weight excluding hydrogens is 234 g/mol. The molecule has 0 fully saturated rings. The van der Waals surface area contributed by atoms with Crippen LogP contribution < -0.4 is 0 Å². The Balaban J connectivity index is 0. The number of halogens is 3. The molecule has 4 nitrogen and oxygen atoms in total. The highest BCUT2D eigenvalue weighted by Gasteiger charge is 2.00. The first kappa shape index (κ1) is 15.6. The Labute approximate surface area is 93.2 Å². The van der Waals surface area contributed by atoms with E-state index in [1.165, 1.54) is 0 Å². The van der Waals surface area contributed by atoms with E-state index in [2.05, 4.69) is 4.90 Å². The predicted octanol–water partition coefficient (Wildman–Crippen LogP) is 2.88. The quantitative estimate of drug-likeness (QED) is 0.333. The summed E-state index contributed by atoms with van der Waals surface area (Å²) in [6.45, 7) is 2.63. The monoisotopic (exact) mass is 246 g/mol. The van der Waals surface area contributed by atoms with Crippen molar-refractivity contribution >= 4 is 34.8 Å². The molecule has 0 aliphatic heterocycles. The summed E-state index contributed by atoms with van der Waals surface area (Å²) < 4.78 is 0. The molecule has 0 bridgehead atoms. The molecule has 0 saturated carbocycles. The molecule has 0 radical (unpaired) electrons. The molecule has 0 spiro atoms. The SMILES string of the molecule is ClCCN(CCCl)CCCl.[N-]=[N+]=N. The summed E-state index contributed by atoms with van der Waals surface area (Å²) >= 11 is 16.6. The van der Waals surface area contributed by atoms with Crippen molar-refractivity contribution in [2.45, 2.75) is 0 Å². The fourth-order valence-electron chi connectivity index (χ4n) is 0.694. The Hall–Kier alpha value is 0.140. The van der Waals surface area contributed by atoms with Gasteiger partial charge in [-0.2, -0.15) is 0 Å². The molecule has 0 saturated heterocycles. The summed E-state index contributed by atoms with van der Waals surface area (Å²) in [7, 11) is 0. The highest BCUT2D eigenvalue weighted by atomic mass is 35.5. The smallest absolute Gasteiger partial charge is 0.0351 e. The molecule has 0 aliphatic rings. The Morgan fingerprint density at radius 3 is 1.38 bits per heavy atom. The van der Waals surface area contributed by atoms with Gasteiger partial charge in [-0.15, -0.1) is 40.3 Å². The molecule has 0 aliphatic carbocycles. The van der Waals surface area contributed by atoms with Crippen LogP contribution in [0.2, 0.25) is 0 Å². The van der Waals surface area contributed by atoms with E-state index in [4.69, 9.17) is 45.9 Å². The maximum atomic E-state index is 6.86. The average Bonchev–Trinajstić information content (AvgIpc) is 2.07. The van der Waals surface area contributed by atoms with Crippen molar-refractivity contribution in [2.24, 2.45) is 0 Å². The third-order valence-electron chi connectivity index (χ3n) is 1.20. The number of nitrogens with one attached hydrogen (secondary N) is 1. The van der Waals surface area contributed by atoms with E-state index >= 15 is 0 Å². The average molecular weight is 248 g/mol. The highest BCUT2D eigenvalue weighted by molar-refractivity contribution is 6.18. The lowest BCUT2D eigenvalue weighted by Crippen LogP contribution is -2.29. The topological polar surface area (TPSA) is 63.5 Å². The van der Waals surface area contributed by atoms with Crippen LogP contribution in [0, 0.1) is 5.53 Å². The number of hydrogen-bond donors (Lipinski definition) is 1. The van der Waals surface area contributed by atoms with E-state index in [0.29, 0.717) is 17.6 Å². The Kier molecular flexibility index (Phi) is 17.6. The lowest BCUT2D eigenvalue weighted by molar-refractivity contribution is 0.327. The van der Waals surface area contributed by atoms with E-state index in [0.717, 1.165) is 19.6 Å². The lowest BCUT2D eigenvalue weighted by atomic mass is 10.5. The fraction of sp³-hybridized carbons (Fsp3) is 1.00. The van der Waals surface area contributed by atoms with E-state index in [1.54, 1.807) is 4.91 Å². The number of hydrogen-bond acceptors (Lipinski definition) is 2. The predicted molar refractivity (Wildman–Crippen MR) is 58.0 cm³/mol. The minimum atomic E-state index is 0.647. The molecule has 0 aromatic rings. The molecule has 0 amide bonds. The standard InChI is InChI=1S/C6H12Cl3N.HN3/c7-1-4-10(5-2-8)6-3-9;1-3-2/h1-6H2;1H. The first-order valence-corrected chi connectivity index (χ1v) is 5.28. The fourth-order valence-corrected chi connectivity index (χ4v) is 1.41. The van der Waals surface area contributed by atoms with Gasteiger partial charge >= 0.3 is 0 Å². The van der Waals surface area contributed by atoms with Gasteiger partial charge in [0.05, 0.1) is 0 Å². The molecule has 0 unspecified atom stereocenters. The van der Waals surface area contributed by atoms with Crippen molar-refractivity contribution in [3.05, 3.63) is 10.4 Å². The van der Waals surface area contributed by atoms with Crippen LogP contribution in [0.5, 0.6) is 0 Å². The normalized spacial score (nSPS) is 8.92. The zero-order chi connectivity index (χ0) is 10.5. The molecular formula is C6H13Cl3N4. The molecule has 78 valence electrons. The Morgan fingerprint density at radius 2 is 1.23 bits per heavy atom. The molecule has 13 heavy (non-hydrogen) atoms. The van der Waals surface area contributed by atoms with E-state index < -0.39 is 0 Å². The van der Waals surface area contributed by atoms with Crippen LogP contribution in [0.15, 0.2) is 0 Å². The van der Waals surface area contributed by atoms with Crippen LogP contribution in [0.25, 0.3) is 10.4 Å². The van der Waals surface area contributed by atoms with Gasteiger partial charge in [0.25, 0.3) is 0 Å². The maximum Gasteiger partial charge on any atom is 0.0351 e. The third-order valence-corrected chi connectivity index (χ3v) is 1.71. The molecule has 1 N–H and O–H groups in total. The third kappa shape index (κ3) is 14.9. The van der Waals surface area contributed by atoms with E-state index in [1.807, 2.05) is 0 Å². The van der Waals surface area contributed by atoms with Crippen LogP contribution in [-0.2, 0) is 0 Å². The zero-order valence-electron chi connectivity index (χ0n) is 7.22. The van der Waals surface area contributed by atoms with Gasteiger partial charge in [0.2, 0.25) is 0 Å². The molecule has 0 rings (SSSR count). The summed E-state index contributed by atoms with van der Waals surface area (Å²) in [4.78, 5) is 3.90. The zero-order valence-corrected chi connectivity index (χ0v) is 9.49. The highest BCUT2D eigenvalue weighted by Crippen LogP contribution is 1.92. The van der Waals surface area contributed by atoms with Gasteiger partial charge in [-0.05, 0) is 10.4 Å². The molecule has 0 aromatic carbocycles. The van der Waals surface area contributed by atoms with Gasteiger partial charge in [0.15, 0.2) is 0 Å². The van der Waals surface area contributed by atoms with Crippen LogP contribution in [0.1, 0.15) is 0 Å². The van der Waals surface area contributed by atoms with Crippen LogP contribution in [0.4, 0.5) is 0 Å². The second-order valence-corrected chi connectivity index (χ2v) is 3.14. The van der Waals surface area contributed by atoms with Gasteiger partial charge in [-0.3, -0.25) is 4.90 Å². The van der Waals surface area contributed by atoms with E-state index in [9.17, 15) is 0 Å². The second kappa shape index (κ2) is 14.7. The lowest BCUT2D eigenvalue weighted by Gasteiger charge is -2.17. The number of alkyl halides is 3. The largest absolute Gasteiger partial charge is 0.300 e. The van der Waals surface area contributed by atoms with Gasteiger partial charge in [0, 0.05) is 37.3 Å². The van der Waals surface area contributed by atoms with Crippen molar-refractivity contribution in [3.63, 3.8) is 0 Å². The Morgan fingerprint density at radius 1 is 1.00 bits per heavy atom. The minimum absolute atomic E-state index is 0.647. The van der Waals surface area contributed by atoms with Crippen LogP contribution in [0.3, 0.4) is 0 Å². The molecule has 0 heterocycles. The first-order chi connectivity index (χ1) is 6.26. The van der Waals surface area contributed by atoms with Crippen LogP contribution >= 0.6 is 34.8 Å². The maximum absolute atomic E-state index is 6.86. The van der Waals surface area contributed by atoms with Gasteiger partial charge < -0.3 is 0 Å². The molecule has 0 aromatic heterocycles. The van der Waals surface area contributed by atoms with Crippen molar-refractivity contribution < 1.29 is 0 Å². The summed E-state index contributed by atoms with van der Waals surface area (Å²) in [5.41, 5.74) is 12.2. The van der Waals surface area contributed by atoms with E-state index in [-0.39, 0.29) is 0 Å². The molecule has 0 atom stereocenters. The van der Waals surface area contributed by atoms with Gasteiger partial charge in [0.1, 0.15) is 0 Å². The molecule has 7 heteroatoms. The summed E-state index contributed by atoms with van der Waals surface area (Å²) in [5, 5.41) is 0. The van der Waals surface area contributed by atoms with Gasteiger partial charge in [-0.1, -0.05) is 0 Å². The summed E-state index contributed by atoms with van der Waals surface area (Å²) in [6, 6.07) is 0. The summed E-state index contributed by atoms with van der Waals surface area (Å²) in [6.07, 6.45) is 0. The number of nitrogens with zero attached hydrogens (tertiary/aromatic N) is 3. The minimum Gasteiger partial charge on any atom is -0.300 e. The first-order valence-electron chi connectivity index (χ1n) is 3.67. The van der Waals surface area contributed by atoms with Crippen LogP contribution in [-0.4, -0.2) is 42.2 Å². The number of rotatable bonds is 6. The summed E-state index contributed by atoms with van der Waals surface area (Å²) in [5.74, 6) is 1.94. The van der Waals surface area contributed by atoms with Crippen molar-refractivity contribution in [1.29, 1.82) is 5.53 Å². The second-order valence-electron chi connectivity index (χ2n) is 2.01. The Bertz CT molecular complexity index is 113. The van der Waals surface area contributed by atoms with Crippen molar-refractivity contribution in [2.75, 3.05) is 37.3 Å². The van der Waals surface area contributed by atoms with Crippen molar-refractivity contribution in [1.82, 2.24) is 4.90 Å². The van der Waals surface area contributed by atoms with Gasteiger partial charge in [-0.25, -0.2) is 0 Å². The van der Waals surface area contributed by atoms with Crippen molar-refractivity contribution in [3.8, 4) is 0 Å².